The maximum absolute atomic E-state index is 11.3. The first-order valence-corrected chi connectivity index (χ1v) is 9.79. The summed E-state index contributed by atoms with van der Waals surface area (Å²) in [5.74, 6) is -0.264. The van der Waals surface area contributed by atoms with Crippen molar-refractivity contribution in [2.45, 2.75) is 70.4 Å². The Hall–Kier alpha value is -0.473. The molecule has 20 heavy (non-hydrogen) atoms. The molecule has 0 spiro atoms. The minimum absolute atomic E-state index is 0.0126. The third-order valence-electron chi connectivity index (χ3n) is 4.13. The number of ether oxygens (including phenoxy) is 1. The van der Waals surface area contributed by atoms with E-state index in [4.69, 9.17) is 9.16 Å². The molecule has 0 aromatic heterocycles. The Morgan fingerprint density at radius 2 is 1.95 bits per heavy atom. The van der Waals surface area contributed by atoms with Gasteiger partial charge in [0.2, 0.25) is 5.91 Å². The van der Waals surface area contributed by atoms with Gasteiger partial charge in [0, 0.05) is 6.92 Å². The van der Waals surface area contributed by atoms with E-state index < -0.39 is 32.9 Å². The highest BCUT2D eigenvalue weighted by atomic mass is 28.4. The minimum atomic E-state index is -2.10. The SMILES string of the molecule is CC(=O)N[C@H]1C(O[Si](C)(C)C(C)(C)C)[C@@H](CO)O[C@H]1O. The van der Waals surface area contributed by atoms with Crippen molar-refractivity contribution in [2.75, 3.05) is 6.61 Å². The molecule has 0 aromatic rings. The van der Waals surface area contributed by atoms with Crippen LogP contribution in [0.15, 0.2) is 0 Å². The summed E-state index contributed by atoms with van der Waals surface area (Å²) >= 11 is 0. The quantitative estimate of drug-likeness (QED) is 0.662. The second-order valence-electron chi connectivity index (χ2n) is 6.82. The number of hydrogen-bond donors (Lipinski definition) is 3. The van der Waals surface area contributed by atoms with Gasteiger partial charge in [-0.05, 0) is 18.1 Å². The smallest absolute Gasteiger partial charge is 0.217 e. The van der Waals surface area contributed by atoms with Crippen molar-refractivity contribution in [2.24, 2.45) is 0 Å². The zero-order chi connectivity index (χ0) is 15.7. The van der Waals surface area contributed by atoms with Gasteiger partial charge in [-0.25, -0.2) is 0 Å². The summed E-state index contributed by atoms with van der Waals surface area (Å²) in [6.07, 6.45) is -2.33. The number of carbonyl (C=O) groups excluding carboxylic acids is 1. The van der Waals surface area contributed by atoms with Gasteiger partial charge in [0.15, 0.2) is 14.6 Å². The molecule has 1 amide bonds. The predicted octanol–water partition coefficient (Wildman–Crippen LogP) is 0.591. The molecule has 4 atom stereocenters. The van der Waals surface area contributed by atoms with Crippen LogP contribution in [0.25, 0.3) is 0 Å². The van der Waals surface area contributed by atoms with Crippen molar-refractivity contribution in [3.63, 3.8) is 0 Å². The van der Waals surface area contributed by atoms with Crippen LogP contribution >= 0.6 is 0 Å². The second kappa shape index (κ2) is 6.11. The number of aliphatic hydroxyl groups is 2. The maximum Gasteiger partial charge on any atom is 0.217 e. The topological polar surface area (TPSA) is 88.0 Å². The van der Waals surface area contributed by atoms with Crippen LogP contribution in [0.2, 0.25) is 18.1 Å². The van der Waals surface area contributed by atoms with Crippen molar-refractivity contribution in [1.82, 2.24) is 5.32 Å². The second-order valence-corrected chi connectivity index (χ2v) is 11.6. The van der Waals surface area contributed by atoms with Crippen molar-refractivity contribution >= 4 is 14.2 Å². The lowest BCUT2D eigenvalue weighted by Crippen LogP contribution is -2.54. The van der Waals surface area contributed by atoms with Gasteiger partial charge in [-0.15, -0.1) is 0 Å². The molecule has 0 bridgehead atoms. The summed E-state index contributed by atoms with van der Waals surface area (Å²) in [7, 11) is -2.10. The first-order chi connectivity index (χ1) is 8.99. The average molecular weight is 305 g/mol. The number of rotatable bonds is 4. The van der Waals surface area contributed by atoms with Crippen LogP contribution in [0.1, 0.15) is 27.7 Å². The molecular weight excluding hydrogens is 278 g/mol. The van der Waals surface area contributed by atoms with E-state index >= 15 is 0 Å². The van der Waals surface area contributed by atoms with Gasteiger partial charge in [0.1, 0.15) is 12.1 Å². The Labute approximate surface area is 121 Å². The number of carbonyl (C=O) groups is 1. The summed E-state index contributed by atoms with van der Waals surface area (Å²) in [5, 5.41) is 21.9. The van der Waals surface area contributed by atoms with E-state index in [1.807, 2.05) is 0 Å². The monoisotopic (exact) mass is 305 g/mol. The molecule has 1 rings (SSSR count). The molecule has 3 N–H and O–H groups in total. The lowest BCUT2D eigenvalue weighted by Gasteiger charge is -2.40. The Morgan fingerprint density at radius 1 is 1.40 bits per heavy atom. The van der Waals surface area contributed by atoms with Gasteiger partial charge in [-0.3, -0.25) is 4.79 Å². The zero-order valence-electron chi connectivity index (χ0n) is 13.1. The van der Waals surface area contributed by atoms with Crippen LogP contribution in [0, 0.1) is 0 Å². The number of amides is 1. The van der Waals surface area contributed by atoms with Crippen molar-refractivity contribution in [3.8, 4) is 0 Å². The van der Waals surface area contributed by atoms with Gasteiger partial charge in [0.05, 0.1) is 12.7 Å². The number of nitrogens with one attached hydrogen (secondary N) is 1. The van der Waals surface area contributed by atoms with E-state index in [-0.39, 0.29) is 17.6 Å². The van der Waals surface area contributed by atoms with Crippen LogP contribution < -0.4 is 5.32 Å². The van der Waals surface area contributed by atoms with E-state index in [0.717, 1.165) is 0 Å². The third-order valence-corrected chi connectivity index (χ3v) is 8.60. The van der Waals surface area contributed by atoms with Gasteiger partial charge >= 0.3 is 0 Å². The Morgan fingerprint density at radius 3 is 2.35 bits per heavy atom. The fourth-order valence-corrected chi connectivity index (χ4v) is 3.27. The molecular formula is C13H27NO5Si. The number of hydrogen-bond acceptors (Lipinski definition) is 5. The van der Waals surface area contributed by atoms with Gasteiger partial charge in [-0.2, -0.15) is 0 Å². The van der Waals surface area contributed by atoms with E-state index in [0.29, 0.717) is 0 Å². The highest BCUT2D eigenvalue weighted by Gasteiger charge is 2.49. The van der Waals surface area contributed by atoms with Crippen LogP contribution in [-0.4, -0.2) is 55.6 Å². The summed E-state index contributed by atoms with van der Waals surface area (Å²) < 4.78 is 11.5. The Bertz CT molecular complexity index is 355. The highest BCUT2D eigenvalue weighted by molar-refractivity contribution is 6.74. The first kappa shape index (κ1) is 17.6. The normalized spacial score (nSPS) is 31.4. The molecule has 0 saturated carbocycles. The summed E-state index contributed by atoms with van der Waals surface area (Å²) in [5.41, 5.74) is 0. The van der Waals surface area contributed by atoms with Crippen molar-refractivity contribution < 1.29 is 24.2 Å². The summed E-state index contributed by atoms with van der Waals surface area (Å²) in [6.45, 7) is 11.6. The zero-order valence-corrected chi connectivity index (χ0v) is 14.1. The van der Waals surface area contributed by atoms with Gasteiger partial charge in [0.25, 0.3) is 0 Å². The number of aliphatic hydroxyl groups excluding tert-OH is 2. The van der Waals surface area contributed by atoms with Crippen molar-refractivity contribution in [1.29, 1.82) is 0 Å². The largest absolute Gasteiger partial charge is 0.409 e. The van der Waals surface area contributed by atoms with E-state index in [1.54, 1.807) is 0 Å². The van der Waals surface area contributed by atoms with Crippen LogP contribution in [-0.2, 0) is 14.0 Å². The van der Waals surface area contributed by atoms with Crippen molar-refractivity contribution in [3.05, 3.63) is 0 Å². The third kappa shape index (κ3) is 3.79. The first-order valence-electron chi connectivity index (χ1n) is 6.89. The molecule has 1 aliphatic heterocycles. The maximum atomic E-state index is 11.3. The van der Waals surface area contributed by atoms with Crippen LogP contribution in [0.4, 0.5) is 0 Å². The summed E-state index contributed by atoms with van der Waals surface area (Å²) in [6, 6.07) is -0.654. The lowest BCUT2D eigenvalue weighted by atomic mass is 10.1. The van der Waals surface area contributed by atoms with E-state index in [2.05, 4.69) is 39.2 Å². The van der Waals surface area contributed by atoms with Crippen LogP contribution in [0.5, 0.6) is 0 Å². The molecule has 6 nitrogen and oxygen atoms in total. The molecule has 1 heterocycles. The fraction of sp³-hybridized carbons (Fsp3) is 0.923. The Balaban J connectivity index is 2.94. The standard InChI is InChI=1S/C13H27NO5Si/c1-8(16)14-10-11(9(7-15)18-12(10)17)19-20(5,6)13(2,3)4/h9-12,15,17H,7H2,1-6H3,(H,14,16)/t9-,10+,11?,12-/m1/s1. The van der Waals surface area contributed by atoms with Crippen LogP contribution in [0.3, 0.4) is 0 Å². The minimum Gasteiger partial charge on any atom is -0.409 e. The molecule has 1 fully saturated rings. The molecule has 0 aliphatic carbocycles. The molecule has 1 unspecified atom stereocenters. The molecule has 7 heteroatoms. The predicted molar refractivity (Wildman–Crippen MR) is 77.6 cm³/mol. The van der Waals surface area contributed by atoms with E-state index in [9.17, 15) is 15.0 Å². The molecule has 0 aromatic carbocycles. The average Bonchev–Trinajstić information content (AvgIpc) is 2.54. The van der Waals surface area contributed by atoms with Gasteiger partial charge < -0.3 is 24.7 Å². The summed E-state index contributed by atoms with van der Waals surface area (Å²) in [4.78, 5) is 11.3. The Kier molecular flexibility index (Phi) is 5.37. The van der Waals surface area contributed by atoms with E-state index in [1.165, 1.54) is 6.92 Å². The fourth-order valence-electron chi connectivity index (χ4n) is 1.94. The van der Waals surface area contributed by atoms with Gasteiger partial charge in [-0.1, -0.05) is 20.8 Å². The molecule has 118 valence electrons. The molecule has 1 saturated heterocycles. The molecule has 0 radical (unpaired) electrons. The lowest BCUT2D eigenvalue weighted by molar-refractivity contribution is -0.127. The molecule has 1 aliphatic rings. The highest BCUT2D eigenvalue weighted by Crippen LogP contribution is 2.39.